The molecule has 3 rings (SSSR count). The Morgan fingerprint density at radius 2 is 1.95 bits per heavy atom. The molecule has 2 heterocycles. The minimum absolute atomic E-state index is 0.442. The summed E-state index contributed by atoms with van der Waals surface area (Å²) in [5, 5.41) is 1.41. The molecule has 1 aromatic rings. The molecule has 9 heteroatoms. The number of hydrogen-bond acceptors (Lipinski definition) is 6. The number of hydrogen-bond donors (Lipinski definition) is 2. The molecule has 2 aliphatic heterocycles. The first-order valence-electron chi connectivity index (χ1n) is 6.19. The van der Waals surface area contributed by atoms with Crippen LogP contribution >= 0.6 is 0 Å². The fourth-order valence-corrected chi connectivity index (χ4v) is 3.11. The van der Waals surface area contributed by atoms with Crippen LogP contribution in [0.3, 0.4) is 0 Å². The van der Waals surface area contributed by atoms with E-state index in [1.54, 1.807) is 0 Å². The number of rotatable bonds is 3. The van der Waals surface area contributed by atoms with Crippen LogP contribution in [0.2, 0.25) is 0 Å². The van der Waals surface area contributed by atoms with E-state index in [4.69, 9.17) is 0 Å². The van der Waals surface area contributed by atoms with Gasteiger partial charge in [0.15, 0.2) is 5.82 Å². The van der Waals surface area contributed by atoms with Crippen LogP contribution in [-0.4, -0.2) is 30.5 Å². The van der Waals surface area contributed by atoms with E-state index in [1.807, 2.05) is 32.0 Å². The zero-order valence-corrected chi connectivity index (χ0v) is 12.3. The standard InChI is InChI=1S/C12H14N6O2S/c1-9-4-3-5-10(2)12(9)15-21(19,20)18-6-11-14-7-13-8-17(11)16-18/h3-8,15-16H,1-2H3. The molecule has 21 heavy (non-hydrogen) atoms. The minimum Gasteiger partial charge on any atom is -0.265 e. The van der Waals surface area contributed by atoms with Crippen molar-refractivity contribution < 1.29 is 8.42 Å². The fourth-order valence-electron chi connectivity index (χ4n) is 2.00. The molecule has 0 spiro atoms. The second kappa shape index (κ2) is 4.86. The number of hydrazine groups is 2. The molecule has 0 radical (unpaired) electrons. The third-order valence-corrected chi connectivity index (χ3v) is 4.26. The SMILES string of the molecule is Cc1cccc(C)c1NS(=O)(=O)N1C=C2N=CN=CN2N1. The maximum atomic E-state index is 12.4. The summed E-state index contributed by atoms with van der Waals surface area (Å²) in [7, 11) is -3.80. The number of para-hydroxylation sites is 1. The highest BCUT2D eigenvalue weighted by atomic mass is 32.2. The van der Waals surface area contributed by atoms with Crippen molar-refractivity contribution in [2.45, 2.75) is 13.8 Å². The van der Waals surface area contributed by atoms with Gasteiger partial charge in [-0.05, 0) is 25.0 Å². The van der Waals surface area contributed by atoms with Gasteiger partial charge in [0.2, 0.25) is 0 Å². The Labute approximate surface area is 122 Å². The van der Waals surface area contributed by atoms with Crippen molar-refractivity contribution in [1.82, 2.24) is 15.0 Å². The first-order valence-corrected chi connectivity index (χ1v) is 7.63. The minimum atomic E-state index is -3.80. The van der Waals surface area contributed by atoms with Gasteiger partial charge in [0.05, 0.1) is 11.9 Å². The predicted octanol–water partition coefficient (Wildman–Crippen LogP) is 0.866. The van der Waals surface area contributed by atoms with E-state index in [0.29, 0.717) is 11.5 Å². The lowest BCUT2D eigenvalue weighted by Gasteiger charge is -2.21. The number of nitrogens with zero attached hydrogens (tertiary/aromatic N) is 4. The van der Waals surface area contributed by atoms with Crippen LogP contribution in [0.5, 0.6) is 0 Å². The molecule has 0 saturated heterocycles. The second-order valence-corrected chi connectivity index (χ2v) is 6.18. The molecule has 0 amide bonds. The molecule has 0 saturated carbocycles. The Morgan fingerprint density at radius 1 is 1.24 bits per heavy atom. The first-order chi connectivity index (χ1) is 9.97. The third kappa shape index (κ3) is 2.48. The summed E-state index contributed by atoms with van der Waals surface area (Å²) in [6, 6.07) is 5.58. The van der Waals surface area contributed by atoms with E-state index in [-0.39, 0.29) is 0 Å². The molecular formula is C12H14N6O2S. The molecule has 2 aliphatic rings. The Bertz CT molecular complexity index is 748. The Kier molecular flexibility index (Phi) is 3.15. The third-order valence-electron chi connectivity index (χ3n) is 3.10. The van der Waals surface area contributed by atoms with Crippen molar-refractivity contribution in [3.63, 3.8) is 0 Å². The molecule has 0 atom stereocenters. The van der Waals surface area contributed by atoms with Crippen LogP contribution in [0.1, 0.15) is 11.1 Å². The van der Waals surface area contributed by atoms with Gasteiger partial charge in [-0.15, -0.1) is 5.53 Å². The molecular weight excluding hydrogens is 292 g/mol. The summed E-state index contributed by atoms with van der Waals surface area (Å²) < 4.78 is 28.4. The van der Waals surface area contributed by atoms with Gasteiger partial charge in [0.1, 0.15) is 12.7 Å². The highest BCUT2D eigenvalue weighted by molar-refractivity contribution is 7.90. The normalized spacial score (nSPS) is 17.0. The van der Waals surface area contributed by atoms with E-state index in [9.17, 15) is 8.42 Å². The summed E-state index contributed by atoms with van der Waals surface area (Å²) >= 11 is 0. The van der Waals surface area contributed by atoms with Crippen molar-refractivity contribution in [3.8, 4) is 0 Å². The van der Waals surface area contributed by atoms with E-state index in [0.717, 1.165) is 15.5 Å². The summed E-state index contributed by atoms with van der Waals surface area (Å²) in [5.41, 5.74) is 4.92. The van der Waals surface area contributed by atoms with Crippen molar-refractivity contribution >= 4 is 28.6 Å². The highest BCUT2D eigenvalue weighted by Crippen LogP contribution is 2.23. The predicted molar refractivity (Wildman–Crippen MR) is 80.3 cm³/mol. The van der Waals surface area contributed by atoms with E-state index in [1.165, 1.54) is 23.9 Å². The van der Waals surface area contributed by atoms with Crippen LogP contribution < -0.4 is 10.3 Å². The molecule has 0 fully saturated rings. The van der Waals surface area contributed by atoms with Crippen LogP contribution in [0.15, 0.2) is 40.2 Å². The summed E-state index contributed by atoms with van der Waals surface area (Å²) in [6.07, 6.45) is 4.16. The maximum Gasteiger partial charge on any atom is 0.338 e. The van der Waals surface area contributed by atoms with E-state index >= 15 is 0 Å². The Balaban J connectivity index is 1.87. The average Bonchev–Trinajstić information content (AvgIpc) is 2.88. The average molecular weight is 306 g/mol. The van der Waals surface area contributed by atoms with Gasteiger partial charge in [-0.25, -0.2) is 15.0 Å². The van der Waals surface area contributed by atoms with Crippen LogP contribution in [0, 0.1) is 13.8 Å². The van der Waals surface area contributed by atoms with E-state index < -0.39 is 10.2 Å². The molecule has 2 N–H and O–H groups in total. The van der Waals surface area contributed by atoms with Gasteiger partial charge in [0.25, 0.3) is 0 Å². The lowest BCUT2D eigenvalue weighted by Crippen LogP contribution is -2.45. The summed E-state index contributed by atoms with van der Waals surface area (Å²) in [4.78, 5) is 7.78. The topological polar surface area (TPSA) is 89.4 Å². The molecule has 8 nitrogen and oxygen atoms in total. The van der Waals surface area contributed by atoms with Gasteiger partial charge >= 0.3 is 10.2 Å². The van der Waals surface area contributed by atoms with E-state index in [2.05, 4.69) is 20.2 Å². The van der Waals surface area contributed by atoms with Crippen molar-refractivity contribution in [1.29, 1.82) is 0 Å². The smallest absolute Gasteiger partial charge is 0.265 e. The molecule has 0 bridgehead atoms. The number of fused-ring (bicyclic) bond motifs is 1. The highest BCUT2D eigenvalue weighted by Gasteiger charge is 2.29. The van der Waals surface area contributed by atoms with Crippen molar-refractivity contribution in [3.05, 3.63) is 41.3 Å². The van der Waals surface area contributed by atoms with Crippen LogP contribution in [0.4, 0.5) is 5.69 Å². The van der Waals surface area contributed by atoms with Gasteiger partial charge in [0, 0.05) is 0 Å². The monoisotopic (exact) mass is 306 g/mol. The number of aliphatic imine (C=N–C) groups is 2. The molecule has 0 aromatic heterocycles. The Morgan fingerprint density at radius 3 is 2.62 bits per heavy atom. The lowest BCUT2D eigenvalue weighted by atomic mass is 10.1. The van der Waals surface area contributed by atoms with Gasteiger partial charge < -0.3 is 0 Å². The second-order valence-electron chi connectivity index (χ2n) is 4.64. The number of anilines is 1. The van der Waals surface area contributed by atoms with Crippen LogP contribution in [-0.2, 0) is 10.2 Å². The quantitative estimate of drug-likeness (QED) is 0.867. The van der Waals surface area contributed by atoms with Gasteiger partial charge in [-0.1, -0.05) is 18.2 Å². The fraction of sp³-hybridized carbons (Fsp3) is 0.167. The number of benzene rings is 1. The van der Waals surface area contributed by atoms with Gasteiger partial charge in [-0.3, -0.25) is 4.72 Å². The largest absolute Gasteiger partial charge is 0.338 e. The maximum absolute atomic E-state index is 12.4. The first kappa shape index (κ1) is 13.6. The van der Waals surface area contributed by atoms with Crippen LogP contribution in [0.25, 0.3) is 0 Å². The molecule has 0 aliphatic carbocycles. The zero-order chi connectivity index (χ0) is 15.0. The van der Waals surface area contributed by atoms with Gasteiger partial charge in [-0.2, -0.15) is 12.8 Å². The zero-order valence-electron chi connectivity index (χ0n) is 11.5. The van der Waals surface area contributed by atoms with Crippen molar-refractivity contribution in [2.24, 2.45) is 9.98 Å². The summed E-state index contributed by atoms with van der Waals surface area (Å²) in [6.45, 7) is 3.70. The summed E-state index contributed by atoms with van der Waals surface area (Å²) in [5.74, 6) is 0.442. The molecule has 110 valence electrons. The lowest BCUT2D eigenvalue weighted by molar-refractivity contribution is 0.285. The number of aryl methyl sites for hydroxylation is 2. The number of nitrogens with one attached hydrogen (secondary N) is 2. The molecule has 1 aromatic carbocycles. The molecule has 0 unspecified atom stereocenters. The Hall–Kier alpha value is -2.39. The van der Waals surface area contributed by atoms with Crippen molar-refractivity contribution in [2.75, 3.05) is 4.72 Å².